The topological polar surface area (TPSA) is 77.1 Å². The Labute approximate surface area is 218 Å². The van der Waals surface area contributed by atoms with Gasteiger partial charge in [-0.25, -0.2) is 0 Å². The van der Waals surface area contributed by atoms with E-state index in [1.807, 2.05) is 13.8 Å². The molecule has 1 heterocycles. The van der Waals surface area contributed by atoms with E-state index in [0.717, 1.165) is 12.0 Å². The van der Waals surface area contributed by atoms with Crippen molar-refractivity contribution in [3.63, 3.8) is 0 Å². The molecule has 1 N–H and O–H groups in total. The van der Waals surface area contributed by atoms with E-state index in [2.05, 4.69) is 50.4 Å². The summed E-state index contributed by atoms with van der Waals surface area (Å²) in [5.41, 5.74) is 2.58. The zero-order chi connectivity index (χ0) is 26.6. The van der Waals surface area contributed by atoms with E-state index >= 15 is 0 Å². The van der Waals surface area contributed by atoms with Crippen LogP contribution in [0.1, 0.15) is 67.9 Å². The molecule has 1 saturated heterocycles. The van der Waals surface area contributed by atoms with Gasteiger partial charge in [0.15, 0.2) is 11.5 Å². The largest absolute Gasteiger partial charge is 0.493 e. The molecule has 0 saturated carbocycles. The average Bonchev–Trinajstić information content (AvgIpc) is 3.32. The Kier molecular flexibility index (Phi) is 8.82. The fourth-order valence-electron chi connectivity index (χ4n) is 4.16. The van der Waals surface area contributed by atoms with Gasteiger partial charge >= 0.3 is 0 Å². The summed E-state index contributed by atoms with van der Waals surface area (Å²) >= 11 is 1.60. The van der Waals surface area contributed by atoms with Gasteiger partial charge < -0.3 is 24.4 Å². The van der Waals surface area contributed by atoms with Crippen LogP contribution in [0.2, 0.25) is 0 Å². The Morgan fingerprint density at radius 2 is 1.64 bits per heavy atom. The summed E-state index contributed by atoms with van der Waals surface area (Å²) in [5.74, 6) is 1.27. The molecule has 1 fully saturated rings. The summed E-state index contributed by atoms with van der Waals surface area (Å²) in [5, 5.41) is 2.75. The maximum absolute atomic E-state index is 14.0. The minimum absolute atomic E-state index is 0.0192. The molecule has 8 heteroatoms. The molecule has 1 aliphatic rings. The Morgan fingerprint density at radius 1 is 1.06 bits per heavy atom. The number of thioether (sulfide) groups is 1. The number of carbonyl (C=O) groups is 2. The predicted octanol–water partition coefficient (Wildman–Crippen LogP) is 5.18. The molecule has 2 aromatic rings. The van der Waals surface area contributed by atoms with Gasteiger partial charge in [0, 0.05) is 17.4 Å². The van der Waals surface area contributed by atoms with Crippen LogP contribution in [0.3, 0.4) is 0 Å². The van der Waals surface area contributed by atoms with E-state index in [1.54, 1.807) is 28.8 Å². The number of hydrogen-bond donors (Lipinski definition) is 1. The van der Waals surface area contributed by atoms with Crippen LogP contribution in [0, 0.1) is 0 Å². The van der Waals surface area contributed by atoms with E-state index in [9.17, 15) is 9.59 Å². The fourth-order valence-corrected chi connectivity index (χ4v) is 5.59. The first kappa shape index (κ1) is 27.7. The molecule has 0 radical (unpaired) electrons. The van der Waals surface area contributed by atoms with Crippen LogP contribution in [0.5, 0.6) is 17.2 Å². The summed E-state index contributed by atoms with van der Waals surface area (Å²) in [6.45, 7) is 10.5. The number of ether oxygens (including phenoxy) is 3. The molecule has 0 spiro atoms. The van der Waals surface area contributed by atoms with Gasteiger partial charge in [-0.05, 0) is 42.0 Å². The minimum atomic E-state index is -0.608. The Hall–Kier alpha value is -2.87. The van der Waals surface area contributed by atoms with Crippen LogP contribution in [0.25, 0.3) is 0 Å². The van der Waals surface area contributed by atoms with Gasteiger partial charge in [0.05, 0.1) is 21.3 Å². The average molecular weight is 515 g/mol. The SMILES string of the molecule is CCC(C)NC(=O)C1CSC(c2ccc(C(C)(C)C)cc2)N1C(=O)c1cc(OC)c(OC)c(OC)c1. The van der Waals surface area contributed by atoms with Gasteiger partial charge in [-0.15, -0.1) is 11.8 Å². The highest BCUT2D eigenvalue weighted by Gasteiger charge is 2.43. The lowest BCUT2D eigenvalue weighted by Crippen LogP contribution is -2.49. The van der Waals surface area contributed by atoms with Crippen molar-refractivity contribution in [2.45, 2.75) is 63.9 Å². The van der Waals surface area contributed by atoms with Crippen molar-refractivity contribution in [3.05, 3.63) is 53.1 Å². The third kappa shape index (κ3) is 5.75. The monoisotopic (exact) mass is 514 g/mol. The van der Waals surface area contributed by atoms with E-state index in [1.165, 1.54) is 26.9 Å². The van der Waals surface area contributed by atoms with Gasteiger partial charge in [-0.2, -0.15) is 0 Å². The summed E-state index contributed by atoms with van der Waals surface area (Å²) < 4.78 is 16.4. The highest BCUT2D eigenvalue weighted by Crippen LogP contribution is 2.44. The maximum atomic E-state index is 14.0. The van der Waals surface area contributed by atoms with Crippen molar-refractivity contribution in [1.29, 1.82) is 0 Å². The van der Waals surface area contributed by atoms with E-state index < -0.39 is 6.04 Å². The predicted molar refractivity (Wildman–Crippen MR) is 144 cm³/mol. The first-order valence-electron chi connectivity index (χ1n) is 12.2. The number of rotatable bonds is 8. The molecule has 0 bridgehead atoms. The van der Waals surface area contributed by atoms with Gasteiger partial charge in [-0.3, -0.25) is 9.59 Å². The molecule has 3 unspecified atom stereocenters. The maximum Gasteiger partial charge on any atom is 0.256 e. The van der Waals surface area contributed by atoms with Gasteiger partial charge in [-0.1, -0.05) is 52.0 Å². The molecule has 3 atom stereocenters. The quantitative estimate of drug-likeness (QED) is 0.523. The number of amides is 2. The minimum Gasteiger partial charge on any atom is -0.493 e. The smallest absolute Gasteiger partial charge is 0.256 e. The molecule has 3 rings (SSSR count). The second-order valence-electron chi connectivity index (χ2n) is 10.0. The lowest BCUT2D eigenvalue weighted by atomic mass is 9.86. The molecular formula is C28H38N2O5S. The van der Waals surface area contributed by atoms with Crippen molar-refractivity contribution in [2.75, 3.05) is 27.1 Å². The highest BCUT2D eigenvalue weighted by atomic mass is 32.2. The molecule has 7 nitrogen and oxygen atoms in total. The van der Waals surface area contributed by atoms with Crippen molar-refractivity contribution < 1.29 is 23.8 Å². The molecule has 2 aromatic carbocycles. The molecule has 0 aromatic heterocycles. The van der Waals surface area contributed by atoms with E-state index in [4.69, 9.17) is 14.2 Å². The number of benzene rings is 2. The Bertz CT molecular complexity index is 1060. The van der Waals surface area contributed by atoms with Gasteiger partial charge in [0.2, 0.25) is 11.7 Å². The normalized spacial score (nSPS) is 18.5. The summed E-state index contributed by atoms with van der Waals surface area (Å²) in [6, 6.07) is 11.0. The molecular weight excluding hydrogens is 476 g/mol. The molecule has 2 amide bonds. The second-order valence-corrected chi connectivity index (χ2v) is 11.1. The fraction of sp³-hybridized carbons (Fsp3) is 0.500. The molecule has 0 aliphatic carbocycles. The lowest BCUT2D eigenvalue weighted by molar-refractivity contribution is -0.125. The standard InChI is InChI=1S/C28H38N2O5S/c1-9-17(2)29-25(31)21-16-36-27(18-10-12-20(13-11-18)28(3,4)5)30(21)26(32)19-14-22(33-6)24(35-8)23(15-19)34-7/h10-15,17,21,27H,9,16H2,1-8H3,(H,29,31). The van der Waals surface area contributed by atoms with Crippen molar-refractivity contribution in [1.82, 2.24) is 10.2 Å². The summed E-state index contributed by atoms with van der Waals surface area (Å²) in [6.07, 6.45) is 0.810. The Balaban J connectivity index is 2.05. The number of nitrogens with zero attached hydrogens (tertiary/aromatic N) is 1. The summed E-state index contributed by atoms with van der Waals surface area (Å²) in [4.78, 5) is 29.0. The molecule has 196 valence electrons. The van der Waals surface area contributed by atoms with Gasteiger partial charge in [0.1, 0.15) is 11.4 Å². The third-order valence-electron chi connectivity index (χ3n) is 6.51. The van der Waals surface area contributed by atoms with Crippen LogP contribution >= 0.6 is 11.8 Å². The van der Waals surface area contributed by atoms with Crippen molar-refractivity contribution in [3.8, 4) is 17.2 Å². The van der Waals surface area contributed by atoms with Crippen LogP contribution in [-0.4, -0.2) is 55.9 Å². The molecule has 36 heavy (non-hydrogen) atoms. The first-order chi connectivity index (χ1) is 17.0. The van der Waals surface area contributed by atoms with E-state index in [0.29, 0.717) is 28.6 Å². The number of carbonyl (C=O) groups excluding carboxylic acids is 2. The zero-order valence-corrected chi connectivity index (χ0v) is 23.3. The first-order valence-corrected chi connectivity index (χ1v) is 13.3. The van der Waals surface area contributed by atoms with Crippen LogP contribution in [0.15, 0.2) is 36.4 Å². The van der Waals surface area contributed by atoms with Crippen LogP contribution < -0.4 is 19.5 Å². The third-order valence-corrected chi connectivity index (χ3v) is 7.84. The highest BCUT2D eigenvalue weighted by molar-refractivity contribution is 7.99. The zero-order valence-electron chi connectivity index (χ0n) is 22.5. The second kappa shape index (κ2) is 11.5. The van der Waals surface area contributed by atoms with Gasteiger partial charge in [0.25, 0.3) is 5.91 Å². The number of nitrogens with one attached hydrogen (secondary N) is 1. The summed E-state index contributed by atoms with van der Waals surface area (Å²) in [7, 11) is 4.55. The van der Waals surface area contributed by atoms with Crippen LogP contribution in [0.4, 0.5) is 0 Å². The van der Waals surface area contributed by atoms with Crippen LogP contribution in [-0.2, 0) is 10.2 Å². The number of hydrogen-bond acceptors (Lipinski definition) is 6. The van der Waals surface area contributed by atoms with Crippen molar-refractivity contribution in [2.24, 2.45) is 0 Å². The molecule has 1 aliphatic heterocycles. The van der Waals surface area contributed by atoms with Crippen molar-refractivity contribution >= 4 is 23.6 Å². The Morgan fingerprint density at radius 3 is 2.11 bits per heavy atom. The van der Waals surface area contributed by atoms with E-state index in [-0.39, 0.29) is 28.6 Å². The number of methoxy groups -OCH3 is 3. The lowest BCUT2D eigenvalue weighted by Gasteiger charge is -2.30.